The topological polar surface area (TPSA) is 67.1 Å². The lowest BCUT2D eigenvalue weighted by Gasteiger charge is -2.34. The number of likely N-dealkylation sites (tertiary alicyclic amines) is 1. The minimum atomic E-state index is 0.290. The summed E-state index contributed by atoms with van der Waals surface area (Å²) in [5, 5.41) is 11.7. The van der Waals surface area contributed by atoms with Crippen molar-refractivity contribution in [2.24, 2.45) is 0 Å². The van der Waals surface area contributed by atoms with Crippen molar-refractivity contribution in [3.63, 3.8) is 0 Å². The molecule has 0 spiro atoms. The molecule has 1 N–H and O–H groups in total. The molecule has 1 aliphatic heterocycles. The molecule has 2 aliphatic rings. The molecule has 24 heavy (non-hydrogen) atoms. The molecule has 3 heterocycles. The Bertz CT molecular complexity index is 634. The number of anilines is 1. The van der Waals surface area contributed by atoms with Crippen LogP contribution in [0, 0.1) is 0 Å². The second kappa shape index (κ2) is 7.30. The van der Waals surface area contributed by atoms with Gasteiger partial charge < -0.3 is 9.73 Å². The van der Waals surface area contributed by atoms with E-state index in [9.17, 15) is 0 Å². The highest BCUT2D eigenvalue weighted by atomic mass is 16.4. The standard InChI is InChI=1S/C18H25N5O/c1-2-10-23(11-3-1)16(15-8-5-9-19-12-15)13-20-18-22-21-17(24-18)14-6-4-7-14/h5,8-9,12,14,16H,1-4,6-7,10-11,13H2,(H,20,22)/t16-/m1/s1. The van der Waals surface area contributed by atoms with Gasteiger partial charge in [0.05, 0.1) is 6.04 Å². The molecule has 6 heteroatoms. The van der Waals surface area contributed by atoms with Crippen molar-refractivity contribution >= 4 is 6.01 Å². The highest BCUT2D eigenvalue weighted by Gasteiger charge is 2.26. The second-order valence-corrected chi connectivity index (χ2v) is 6.85. The van der Waals surface area contributed by atoms with Crippen LogP contribution in [0.5, 0.6) is 0 Å². The highest BCUT2D eigenvalue weighted by Crippen LogP contribution is 2.36. The Morgan fingerprint density at radius 1 is 1.17 bits per heavy atom. The normalized spacial score (nSPS) is 20.5. The number of hydrogen-bond acceptors (Lipinski definition) is 6. The van der Waals surface area contributed by atoms with Gasteiger partial charge in [-0.15, -0.1) is 5.10 Å². The average Bonchev–Trinajstić information content (AvgIpc) is 3.04. The van der Waals surface area contributed by atoms with Crippen LogP contribution in [0.2, 0.25) is 0 Å². The fraction of sp³-hybridized carbons (Fsp3) is 0.611. The molecule has 0 unspecified atom stereocenters. The van der Waals surface area contributed by atoms with Gasteiger partial charge in [-0.1, -0.05) is 24.0 Å². The molecule has 0 amide bonds. The Labute approximate surface area is 142 Å². The van der Waals surface area contributed by atoms with Crippen LogP contribution in [0.1, 0.15) is 61.9 Å². The first-order valence-corrected chi connectivity index (χ1v) is 9.11. The molecule has 0 radical (unpaired) electrons. The first-order chi connectivity index (χ1) is 11.9. The van der Waals surface area contributed by atoms with Crippen LogP contribution in [-0.2, 0) is 0 Å². The van der Waals surface area contributed by atoms with Crippen molar-refractivity contribution in [1.29, 1.82) is 0 Å². The molecule has 128 valence electrons. The Balaban J connectivity index is 1.44. The van der Waals surface area contributed by atoms with Crippen molar-refractivity contribution in [2.75, 3.05) is 25.0 Å². The largest absolute Gasteiger partial charge is 0.408 e. The number of rotatable bonds is 6. The fourth-order valence-electron chi connectivity index (χ4n) is 3.57. The SMILES string of the molecule is c1cncc([C@@H](CNc2nnc(C3CCC3)o2)N2CCCCC2)c1. The van der Waals surface area contributed by atoms with E-state index in [0.29, 0.717) is 11.9 Å². The number of nitrogens with zero attached hydrogens (tertiary/aromatic N) is 4. The van der Waals surface area contributed by atoms with E-state index in [1.165, 1.54) is 44.1 Å². The average molecular weight is 327 g/mol. The smallest absolute Gasteiger partial charge is 0.315 e. The summed E-state index contributed by atoms with van der Waals surface area (Å²) < 4.78 is 5.79. The summed E-state index contributed by atoms with van der Waals surface area (Å²) in [6.07, 6.45) is 11.3. The summed E-state index contributed by atoms with van der Waals surface area (Å²) in [6, 6.07) is 5.00. The number of pyridine rings is 1. The van der Waals surface area contributed by atoms with Crippen LogP contribution < -0.4 is 5.32 Å². The minimum Gasteiger partial charge on any atom is -0.408 e. The zero-order valence-corrected chi connectivity index (χ0v) is 14.0. The predicted molar refractivity (Wildman–Crippen MR) is 91.8 cm³/mol. The van der Waals surface area contributed by atoms with Crippen LogP contribution >= 0.6 is 0 Å². The Hall–Kier alpha value is -1.95. The van der Waals surface area contributed by atoms with Gasteiger partial charge in [-0.3, -0.25) is 9.88 Å². The van der Waals surface area contributed by atoms with E-state index in [1.54, 1.807) is 0 Å². The third-order valence-corrected chi connectivity index (χ3v) is 5.24. The van der Waals surface area contributed by atoms with Gasteiger partial charge in [0, 0.05) is 24.9 Å². The summed E-state index contributed by atoms with van der Waals surface area (Å²) >= 11 is 0. The quantitative estimate of drug-likeness (QED) is 0.877. The first-order valence-electron chi connectivity index (χ1n) is 9.11. The molecular formula is C18H25N5O. The Morgan fingerprint density at radius 2 is 2.04 bits per heavy atom. The highest BCUT2D eigenvalue weighted by molar-refractivity contribution is 5.23. The second-order valence-electron chi connectivity index (χ2n) is 6.85. The van der Waals surface area contributed by atoms with Gasteiger partial charge in [0.2, 0.25) is 5.89 Å². The minimum absolute atomic E-state index is 0.290. The van der Waals surface area contributed by atoms with E-state index < -0.39 is 0 Å². The van der Waals surface area contributed by atoms with E-state index in [2.05, 4.69) is 31.5 Å². The first kappa shape index (κ1) is 15.6. The molecule has 2 aromatic heterocycles. The number of hydrogen-bond donors (Lipinski definition) is 1. The number of piperidine rings is 1. The summed E-state index contributed by atoms with van der Waals surface area (Å²) in [5.41, 5.74) is 1.24. The molecule has 2 aromatic rings. The molecule has 1 atom stereocenters. The summed E-state index contributed by atoms with van der Waals surface area (Å²) in [5.74, 6) is 1.27. The van der Waals surface area contributed by atoms with Gasteiger partial charge >= 0.3 is 6.01 Å². The van der Waals surface area contributed by atoms with Gasteiger partial charge in [-0.05, 0) is 50.4 Å². The van der Waals surface area contributed by atoms with E-state index in [4.69, 9.17) is 4.42 Å². The number of nitrogens with one attached hydrogen (secondary N) is 1. The van der Waals surface area contributed by atoms with Crippen molar-refractivity contribution in [1.82, 2.24) is 20.1 Å². The third kappa shape index (κ3) is 3.43. The van der Waals surface area contributed by atoms with Gasteiger partial charge in [-0.2, -0.15) is 0 Å². The lowest BCUT2D eigenvalue weighted by molar-refractivity contribution is 0.169. The molecule has 6 nitrogen and oxygen atoms in total. The number of aromatic nitrogens is 3. The van der Waals surface area contributed by atoms with E-state index in [1.807, 2.05) is 18.5 Å². The monoisotopic (exact) mass is 327 g/mol. The van der Waals surface area contributed by atoms with Crippen LogP contribution in [-0.4, -0.2) is 39.7 Å². The Kier molecular flexibility index (Phi) is 4.74. The van der Waals surface area contributed by atoms with Gasteiger partial charge in [0.15, 0.2) is 0 Å². The lowest BCUT2D eigenvalue weighted by Crippen LogP contribution is -2.37. The van der Waals surface area contributed by atoms with Crippen molar-refractivity contribution in [3.05, 3.63) is 36.0 Å². The molecule has 0 bridgehead atoms. The van der Waals surface area contributed by atoms with Gasteiger partial charge in [0.25, 0.3) is 0 Å². The molecular weight excluding hydrogens is 302 g/mol. The molecule has 1 aliphatic carbocycles. The summed E-state index contributed by atoms with van der Waals surface area (Å²) in [6.45, 7) is 3.04. The predicted octanol–water partition coefficient (Wildman–Crippen LogP) is 3.37. The lowest BCUT2D eigenvalue weighted by atomic mass is 9.85. The van der Waals surface area contributed by atoms with Crippen molar-refractivity contribution < 1.29 is 4.42 Å². The fourth-order valence-corrected chi connectivity index (χ4v) is 3.57. The van der Waals surface area contributed by atoms with Crippen LogP contribution in [0.4, 0.5) is 6.01 Å². The maximum absolute atomic E-state index is 5.79. The zero-order valence-electron chi connectivity index (χ0n) is 14.0. The van der Waals surface area contributed by atoms with Crippen LogP contribution in [0.15, 0.2) is 28.9 Å². The van der Waals surface area contributed by atoms with E-state index in [-0.39, 0.29) is 6.04 Å². The van der Waals surface area contributed by atoms with Gasteiger partial charge in [0.1, 0.15) is 0 Å². The van der Waals surface area contributed by atoms with Gasteiger partial charge in [-0.25, -0.2) is 0 Å². The maximum atomic E-state index is 5.79. The van der Waals surface area contributed by atoms with Crippen LogP contribution in [0.3, 0.4) is 0 Å². The van der Waals surface area contributed by atoms with Crippen molar-refractivity contribution in [3.8, 4) is 0 Å². The van der Waals surface area contributed by atoms with Crippen LogP contribution in [0.25, 0.3) is 0 Å². The third-order valence-electron chi connectivity index (χ3n) is 5.24. The zero-order chi connectivity index (χ0) is 16.2. The maximum Gasteiger partial charge on any atom is 0.315 e. The molecule has 2 fully saturated rings. The molecule has 4 rings (SSSR count). The van der Waals surface area contributed by atoms with E-state index >= 15 is 0 Å². The molecule has 0 aromatic carbocycles. The summed E-state index contributed by atoms with van der Waals surface area (Å²) in [7, 11) is 0. The molecule has 1 saturated heterocycles. The van der Waals surface area contributed by atoms with Crippen molar-refractivity contribution in [2.45, 2.75) is 50.5 Å². The molecule has 1 saturated carbocycles. The summed E-state index contributed by atoms with van der Waals surface area (Å²) in [4.78, 5) is 6.83. The Morgan fingerprint density at radius 3 is 2.75 bits per heavy atom. The van der Waals surface area contributed by atoms with E-state index in [0.717, 1.165) is 25.5 Å².